The van der Waals surface area contributed by atoms with Gasteiger partial charge in [-0.3, -0.25) is 4.79 Å². The third-order valence-electron chi connectivity index (χ3n) is 2.84. The van der Waals surface area contributed by atoms with Gasteiger partial charge in [-0.2, -0.15) is 0 Å². The summed E-state index contributed by atoms with van der Waals surface area (Å²) in [6.07, 6.45) is 0. The van der Waals surface area contributed by atoms with Crippen molar-refractivity contribution in [2.24, 2.45) is 0 Å². The maximum absolute atomic E-state index is 12.0. The van der Waals surface area contributed by atoms with Crippen molar-refractivity contribution in [2.75, 3.05) is 17.2 Å². The highest BCUT2D eigenvalue weighted by molar-refractivity contribution is 6.35. The molecule has 0 radical (unpaired) electrons. The predicted molar refractivity (Wildman–Crippen MR) is 89.8 cm³/mol. The van der Waals surface area contributed by atoms with E-state index in [0.717, 1.165) is 5.56 Å². The van der Waals surface area contributed by atoms with Gasteiger partial charge in [0.15, 0.2) is 0 Å². The molecule has 0 aliphatic rings. The zero-order valence-corrected chi connectivity index (χ0v) is 13.5. The molecule has 0 aliphatic carbocycles. The Morgan fingerprint density at radius 1 is 1.00 bits per heavy atom. The molecule has 110 valence electrons. The fourth-order valence-electron chi connectivity index (χ4n) is 1.73. The molecule has 0 spiro atoms. The van der Waals surface area contributed by atoms with Crippen LogP contribution in [0.5, 0.6) is 0 Å². The number of hydrogen-bond acceptors (Lipinski definition) is 2. The van der Waals surface area contributed by atoms with Crippen LogP contribution in [0.4, 0.5) is 11.4 Å². The Labute approximate surface area is 138 Å². The fraction of sp³-hybridized carbons (Fsp3) is 0.133. The van der Waals surface area contributed by atoms with Gasteiger partial charge in [0.1, 0.15) is 0 Å². The number of halogens is 3. The van der Waals surface area contributed by atoms with E-state index in [2.05, 4.69) is 10.6 Å². The van der Waals surface area contributed by atoms with E-state index in [-0.39, 0.29) is 12.5 Å². The van der Waals surface area contributed by atoms with E-state index in [1.807, 2.05) is 13.0 Å². The second kappa shape index (κ2) is 7.03. The molecule has 0 fully saturated rings. The summed E-state index contributed by atoms with van der Waals surface area (Å²) >= 11 is 17.8. The minimum absolute atomic E-state index is 0.0754. The minimum Gasteiger partial charge on any atom is -0.375 e. The van der Waals surface area contributed by atoms with Gasteiger partial charge in [-0.15, -0.1) is 0 Å². The third-order valence-corrected chi connectivity index (χ3v) is 3.64. The molecule has 2 N–H and O–H groups in total. The van der Waals surface area contributed by atoms with Crippen molar-refractivity contribution in [1.29, 1.82) is 0 Å². The minimum atomic E-state index is -0.198. The molecule has 0 aliphatic heterocycles. The standard InChI is InChI=1S/C15H13Cl3N2O/c1-9-2-3-10(16)6-13(9)20-15(21)8-19-14-7-11(17)4-5-12(14)18/h2-7,19H,8H2,1H3,(H,20,21). The zero-order valence-electron chi connectivity index (χ0n) is 11.2. The Balaban J connectivity index is 1.99. The van der Waals surface area contributed by atoms with E-state index in [4.69, 9.17) is 34.8 Å². The summed E-state index contributed by atoms with van der Waals surface area (Å²) < 4.78 is 0. The van der Waals surface area contributed by atoms with Gasteiger partial charge in [-0.05, 0) is 42.8 Å². The number of carbonyl (C=O) groups excluding carboxylic acids is 1. The van der Waals surface area contributed by atoms with Gasteiger partial charge in [0, 0.05) is 15.7 Å². The van der Waals surface area contributed by atoms with E-state index in [9.17, 15) is 4.79 Å². The van der Waals surface area contributed by atoms with E-state index in [1.54, 1.807) is 30.3 Å². The van der Waals surface area contributed by atoms with Gasteiger partial charge in [-0.1, -0.05) is 40.9 Å². The van der Waals surface area contributed by atoms with Gasteiger partial charge in [0.05, 0.1) is 17.3 Å². The largest absolute Gasteiger partial charge is 0.375 e. The number of hydrogen-bond donors (Lipinski definition) is 2. The van der Waals surface area contributed by atoms with Crippen molar-refractivity contribution in [3.05, 3.63) is 57.0 Å². The Morgan fingerprint density at radius 3 is 2.33 bits per heavy atom. The summed E-state index contributed by atoms with van der Waals surface area (Å²) in [4.78, 5) is 12.0. The maximum atomic E-state index is 12.0. The summed E-state index contributed by atoms with van der Waals surface area (Å²) in [6.45, 7) is 1.97. The Hall–Kier alpha value is -1.42. The highest BCUT2D eigenvalue weighted by Gasteiger charge is 2.07. The molecule has 0 saturated carbocycles. The highest BCUT2D eigenvalue weighted by atomic mass is 35.5. The number of nitrogens with one attached hydrogen (secondary N) is 2. The normalized spacial score (nSPS) is 10.3. The van der Waals surface area contributed by atoms with Crippen LogP contribution in [0, 0.1) is 6.92 Å². The number of amides is 1. The second-order valence-electron chi connectivity index (χ2n) is 4.49. The number of benzene rings is 2. The van der Waals surface area contributed by atoms with Gasteiger partial charge in [0.25, 0.3) is 0 Å². The quantitative estimate of drug-likeness (QED) is 0.819. The number of carbonyl (C=O) groups is 1. The predicted octanol–water partition coefficient (Wildman–Crippen LogP) is 5.01. The molecule has 2 rings (SSSR count). The highest BCUT2D eigenvalue weighted by Crippen LogP contribution is 2.25. The molecule has 0 aromatic heterocycles. The van der Waals surface area contributed by atoms with Crippen LogP contribution >= 0.6 is 34.8 Å². The molecular weight excluding hydrogens is 331 g/mol. The lowest BCUT2D eigenvalue weighted by Gasteiger charge is -2.11. The van der Waals surface area contributed by atoms with Crippen LogP contribution in [0.1, 0.15) is 5.56 Å². The lowest BCUT2D eigenvalue weighted by molar-refractivity contribution is -0.114. The summed E-state index contributed by atoms with van der Waals surface area (Å²) in [7, 11) is 0. The first-order chi connectivity index (χ1) is 9.95. The average molecular weight is 344 g/mol. The van der Waals surface area contributed by atoms with Crippen molar-refractivity contribution in [1.82, 2.24) is 0 Å². The van der Waals surface area contributed by atoms with E-state index >= 15 is 0 Å². The molecule has 1 amide bonds. The molecule has 0 saturated heterocycles. The lowest BCUT2D eigenvalue weighted by Crippen LogP contribution is -2.22. The second-order valence-corrected chi connectivity index (χ2v) is 5.77. The van der Waals surface area contributed by atoms with E-state index in [1.165, 1.54) is 0 Å². The molecule has 2 aromatic rings. The Morgan fingerprint density at radius 2 is 1.62 bits per heavy atom. The van der Waals surface area contributed by atoms with Crippen molar-refractivity contribution in [2.45, 2.75) is 6.92 Å². The SMILES string of the molecule is Cc1ccc(Cl)cc1NC(=O)CNc1cc(Cl)ccc1Cl. The number of rotatable bonds is 4. The smallest absolute Gasteiger partial charge is 0.243 e. The molecule has 6 heteroatoms. The van der Waals surface area contributed by atoms with Crippen LogP contribution in [-0.4, -0.2) is 12.5 Å². The summed E-state index contributed by atoms with van der Waals surface area (Å²) in [5, 5.41) is 7.37. The number of anilines is 2. The van der Waals surface area contributed by atoms with Gasteiger partial charge < -0.3 is 10.6 Å². The first-order valence-electron chi connectivity index (χ1n) is 6.20. The third kappa shape index (κ3) is 4.53. The van der Waals surface area contributed by atoms with Crippen LogP contribution in [0.25, 0.3) is 0 Å². The topological polar surface area (TPSA) is 41.1 Å². The van der Waals surface area contributed by atoms with E-state index in [0.29, 0.717) is 26.4 Å². The van der Waals surface area contributed by atoms with E-state index < -0.39 is 0 Å². The van der Waals surface area contributed by atoms with Crippen LogP contribution in [-0.2, 0) is 4.79 Å². The first kappa shape index (κ1) is 16.0. The molecule has 2 aromatic carbocycles. The average Bonchev–Trinajstić information content (AvgIpc) is 2.44. The molecule has 0 heterocycles. The Kier molecular flexibility index (Phi) is 5.34. The maximum Gasteiger partial charge on any atom is 0.243 e. The first-order valence-corrected chi connectivity index (χ1v) is 7.34. The molecular formula is C15H13Cl3N2O. The molecule has 3 nitrogen and oxygen atoms in total. The molecule has 21 heavy (non-hydrogen) atoms. The van der Waals surface area contributed by atoms with Crippen LogP contribution < -0.4 is 10.6 Å². The summed E-state index contributed by atoms with van der Waals surface area (Å²) in [5.41, 5.74) is 2.24. The molecule has 0 bridgehead atoms. The van der Waals surface area contributed by atoms with Crippen LogP contribution in [0.15, 0.2) is 36.4 Å². The van der Waals surface area contributed by atoms with Gasteiger partial charge in [0.2, 0.25) is 5.91 Å². The lowest BCUT2D eigenvalue weighted by atomic mass is 10.2. The monoisotopic (exact) mass is 342 g/mol. The van der Waals surface area contributed by atoms with Crippen LogP contribution in [0.3, 0.4) is 0 Å². The van der Waals surface area contributed by atoms with Crippen molar-refractivity contribution in [3.8, 4) is 0 Å². The summed E-state index contributed by atoms with van der Waals surface area (Å²) in [6, 6.07) is 10.4. The van der Waals surface area contributed by atoms with Crippen molar-refractivity contribution >= 4 is 52.1 Å². The molecule has 0 unspecified atom stereocenters. The van der Waals surface area contributed by atoms with Gasteiger partial charge >= 0.3 is 0 Å². The molecule has 0 atom stereocenters. The zero-order chi connectivity index (χ0) is 15.4. The van der Waals surface area contributed by atoms with Crippen LogP contribution in [0.2, 0.25) is 15.1 Å². The van der Waals surface area contributed by atoms with Crippen molar-refractivity contribution < 1.29 is 4.79 Å². The fourth-order valence-corrected chi connectivity index (χ4v) is 2.26. The Bertz CT molecular complexity index is 674. The summed E-state index contributed by atoms with van der Waals surface area (Å²) in [5.74, 6) is -0.198. The van der Waals surface area contributed by atoms with Gasteiger partial charge in [-0.25, -0.2) is 0 Å². The number of aryl methyl sites for hydroxylation is 1. The van der Waals surface area contributed by atoms with Crippen molar-refractivity contribution in [3.63, 3.8) is 0 Å².